The molecule has 5 nitrogen and oxygen atoms in total. The molecule has 1 saturated heterocycles. The molecule has 21 heavy (non-hydrogen) atoms. The van der Waals surface area contributed by atoms with Gasteiger partial charge in [0.1, 0.15) is 0 Å². The standard InChI is InChI=1S/C15H14ClN3O2/c16-11-9-10(3-4-13(11)19-7-1-2-8-19)12-5-6-17-14(18-12)15(20)21/h3-6,9H,1-2,7-8H2,(H,20,21). The zero-order chi connectivity index (χ0) is 14.8. The maximum absolute atomic E-state index is 10.9. The summed E-state index contributed by atoms with van der Waals surface area (Å²) in [4.78, 5) is 20.9. The largest absolute Gasteiger partial charge is 0.475 e. The number of benzene rings is 1. The number of nitrogens with zero attached hydrogens (tertiary/aromatic N) is 3. The minimum absolute atomic E-state index is 0.216. The number of carboxylic acid groups (broad SMARTS) is 1. The van der Waals surface area contributed by atoms with Crippen LogP contribution < -0.4 is 4.90 Å². The summed E-state index contributed by atoms with van der Waals surface area (Å²) in [5.41, 5.74) is 2.36. The first-order valence-corrected chi connectivity index (χ1v) is 7.14. The van der Waals surface area contributed by atoms with E-state index in [0.29, 0.717) is 10.7 Å². The van der Waals surface area contributed by atoms with Crippen LogP contribution in [0.25, 0.3) is 11.3 Å². The minimum atomic E-state index is -1.14. The molecule has 1 aromatic carbocycles. The Bertz CT molecular complexity index is 684. The Hall–Kier alpha value is -2.14. The van der Waals surface area contributed by atoms with Gasteiger partial charge in [0.2, 0.25) is 5.82 Å². The second kappa shape index (κ2) is 5.69. The summed E-state index contributed by atoms with van der Waals surface area (Å²) in [5, 5.41) is 9.60. The Morgan fingerprint density at radius 1 is 1.24 bits per heavy atom. The van der Waals surface area contributed by atoms with Crippen LogP contribution in [0.1, 0.15) is 23.5 Å². The van der Waals surface area contributed by atoms with E-state index in [0.717, 1.165) is 24.3 Å². The monoisotopic (exact) mass is 303 g/mol. The summed E-state index contributed by atoms with van der Waals surface area (Å²) < 4.78 is 0. The SMILES string of the molecule is O=C(O)c1nccc(-c2ccc(N3CCCC3)c(Cl)c2)n1. The average molecular weight is 304 g/mol. The first-order chi connectivity index (χ1) is 10.1. The van der Waals surface area contributed by atoms with E-state index < -0.39 is 5.97 Å². The van der Waals surface area contributed by atoms with E-state index in [1.54, 1.807) is 6.07 Å². The van der Waals surface area contributed by atoms with E-state index in [2.05, 4.69) is 14.9 Å². The van der Waals surface area contributed by atoms with Gasteiger partial charge in [-0.05, 0) is 31.0 Å². The van der Waals surface area contributed by atoms with Gasteiger partial charge in [0, 0.05) is 24.8 Å². The first kappa shape index (κ1) is 13.8. The average Bonchev–Trinajstić information content (AvgIpc) is 3.01. The Balaban J connectivity index is 1.94. The van der Waals surface area contributed by atoms with E-state index in [1.165, 1.54) is 19.0 Å². The van der Waals surface area contributed by atoms with E-state index in [1.807, 2.05) is 18.2 Å². The third kappa shape index (κ3) is 2.83. The summed E-state index contributed by atoms with van der Waals surface area (Å²) >= 11 is 6.36. The summed E-state index contributed by atoms with van der Waals surface area (Å²) in [5.74, 6) is -1.36. The highest BCUT2D eigenvalue weighted by Gasteiger charge is 2.16. The van der Waals surface area contributed by atoms with Crippen LogP contribution in [-0.4, -0.2) is 34.1 Å². The van der Waals surface area contributed by atoms with Crippen molar-refractivity contribution in [3.63, 3.8) is 0 Å². The van der Waals surface area contributed by atoms with Crippen molar-refractivity contribution < 1.29 is 9.90 Å². The second-order valence-corrected chi connectivity index (χ2v) is 5.34. The Kier molecular flexibility index (Phi) is 3.75. The molecule has 3 rings (SSSR count). The summed E-state index contributed by atoms with van der Waals surface area (Å²) in [7, 11) is 0. The molecule has 2 aromatic rings. The molecular weight excluding hydrogens is 290 g/mol. The zero-order valence-corrected chi connectivity index (χ0v) is 12.0. The smallest absolute Gasteiger partial charge is 0.373 e. The fourth-order valence-corrected chi connectivity index (χ4v) is 2.80. The maximum atomic E-state index is 10.9. The number of aromatic carboxylic acids is 1. The number of carboxylic acids is 1. The molecule has 1 N–H and O–H groups in total. The van der Waals surface area contributed by atoms with Crippen LogP contribution in [0.4, 0.5) is 5.69 Å². The van der Waals surface area contributed by atoms with Gasteiger partial charge in [0.25, 0.3) is 0 Å². The predicted molar refractivity (Wildman–Crippen MR) is 80.9 cm³/mol. The van der Waals surface area contributed by atoms with E-state index in [4.69, 9.17) is 16.7 Å². The lowest BCUT2D eigenvalue weighted by Crippen LogP contribution is -2.17. The number of aromatic nitrogens is 2. The van der Waals surface area contributed by atoms with E-state index in [9.17, 15) is 4.79 Å². The normalized spacial score (nSPS) is 14.4. The molecule has 0 atom stereocenters. The zero-order valence-electron chi connectivity index (χ0n) is 11.3. The molecule has 108 valence electrons. The van der Waals surface area contributed by atoms with Gasteiger partial charge in [-0.2, -0.15) is 0 Å². The van der Waals surface area contributed by atoms with Gasteiger partial charge in [-0.1, -0.05) is 17.7 Å². The van der Waals surface area contributed by atoms with Crippen molar-refractivity contribution in [2.45, 2.75) is 12.8 Å². The van der Waals surface area contributed by atoms with Crippen LogP contribution in [0.15, 0.2) is 30.5 Å². The van der Waals surface area contributed by atoms with Crippen LogP contribution in [0.3, 0.4) is 0 Å². The topological polar surface area (TPSA) is 66.3 Å². The van der Waals surface area contributed by atoms with Crippen molar-refractivity contribution in [1.29, 1.82) is 0 Å². The van der Waals surface area contributed by atoms with Crippen LogP contribution in [0.5, 0.6) is 0 Å². The van der Waals surface area contributed by atoms with E-state index >= 15 is 0 Å². The molecule has 0 bridgehead atoms. The Labute approximate surface area is 127 Å². The molecule has 2 heterocycles. The maximum Gasteiger partial charge on any atom is 0.373 e. The quantitative estimate of drug-likeness (QED) is 0.944. The van der Waals surface area contributed by atoms with Crippen molar-refractivity contribution in [2.24, 2.45) is 0 Å². The van der Waals surface area contributed by atoms with Crippen LogP contribution in [-0.2, 0) is 0 Å². The molecule has 0 radical (unpaired) electrons. The molecule has 0 saturated carbocycles. The number of halogens is 1. The molecule has 1 fully saturated rings. The highest BCUT2D eigenvalue weighted by Crippen LogP contribution is 2.32. The van der Waals surface area contributed by atoms with Gasteiger partial charge in [0.15, 0.2) is 0 Å². The number of rotatable bonds is 3. The van der Waals surface area contributed by atoms with Crippen LogP contribution in [0.2, 0.25) is 5.02 Å². The molecule has 1 aliphatic rings. The highest BCUT2D eigenvalue weighted by molar-refractivity contribution is 6.33. The summed E-state index contributed by atoms with van der Waals surface area (Å²) in [6.45, 7) is 2.05. The fourth-order valence-electron chi connectivity index (χ4n) is 2.50. The Morgan fingerprint density at radius 2 is 2.00 bits per heavy atom. The third-order valence-electron chi connectivity index (χ3n) is 3.54. The van der Waals surface area contributed by atoms with Crippen molar-refractivity contribution >= 4 is 23.3 Å². The predicted octanol–water partition coefficient (Wildman–Crippen LogP) is 3.10. The van der Waals surface area contributed by atoms with Gasteiger partial charge in [-0.25, -0.2) is 14.8 Å². The second-order valence-electron chi connectivity index (χ2n) is 4.93. The number of carbonyl (C=O) groups is 1. The van der Waals surface area contributed by atoms with Crippen LogP contribution in [0, 0.1) is 0 Å². The minimum Gasteiger partial charge on any atom is -0.475 e. The summed E-state index contributed by atoms with van der Waals surface area (Å²) in [6.07, 6.45) is 3.81. The molecule has 6 heteroatoms. The molecule has 1 aliphatic heterocycles. The lowest BCUT2D eigenvalue weighted by atomic mass is 10.1. The lowest BCUT2D eigenvalue weighted by Gasteiger charge is -2.19. The molecular formula is C15H14ClN3O2. The molecule has 0 amide bonds. The molecule has 0 unspecified atom stereocenters. The van der Waals surface area contributed by atoms with Gasteiger partial charge in [-0.3, -0.25) is 0 Å². The fraction of sp³-hybridized carbons (Fsp3) is 0.267. The van der Waals surface area contributed by atoms with Crippen molar-refractivity contribution in [2.75, 3.05) is 18.0 Å². The van der Waals surface area contributed by atoms with Gasteiger partial charge >= 0.3 is 5.97 Å². The third-order valence-corrected chi connectivity index (χ3v) is 3.84. The van der Waals surface area contributed by atoms with E-state index in [-0.39, 0.29) is 5.82 Å². The molecule has 0 aliphatic carbocycles. The van der Waals surface area contributed by atoms with Gasteiger partial charge in [-0.15, -0.1) is 0 Å². The lowest BCUT2D eigenvalue weighted by molar-refractivity contribution is 0.0683. The van der Waals surface area contributed by atoms with Gasteiger partial charge in [0.05, 0.1) is 16.4 Å². The molecule has 1 aromatic heterocycles. The number of anilines is 1. The van der Waals surface area contributed by atoms with Crippen molar-refractivity contribution in [3.8, 4) is 11.3 Å². The summed E-state index contributed by atoms with van der Waals surface area (Å²) in [6, 6.07) is 7.37. The Morgan fingerprint density at radius 3 is 2.67 bits per heavy atom. The number of hydrogen-bond acceptors (Lipinski definition) is 4. The first-order valence-electron chi connectivity index (χ1n) is 6.76. The number of hydrogen-bond donors (Lipinski definition) is 1. The van der Waals surface area contributed by atoms with Crippen LogP contribution >= 0.6 is 11.6 Å². The van der Waals surface area contributed by atoms with Gasteiger partial charge < -0.3 is 10.0 Å². The highest BCUT2D eigenvalue weighted by atomic mass is 35.5. The molecule has 0 spiro atoms. The van der Waals surface area contributed by atoms with Crippen molar-refractivity contribution in [3.05, 3.63) is 41.3 Å². The van der Waals surface area contributed by atoms with Crippen molar-refractivity contribution in [1.82, 2.24) is 9.97 Å².